The van der Waals surface area contributed by atoms with Gasteiger partial charge in [-0.2, -0.15) is 0 Å². The number of non-ortho nitro benzene ring substituents is 1. The lowest BCUT2D eigenvalue weighted by molar-refractivity contribution is -0.384. The van der Waals surface area contributed by atoms with Crippen LogP contribution in [0.15, 0.2) is 72.4 Å². The maximum absolute atomic E-state index is 13.1. The molecule has 10 heteroatoms. The SMILES string of the molecule is COc1ccc(C(O)=C2C(=O)C(=O)N(c3ccccn3)C2c2cccc([N+](=O)[O-])c2)cc1Cl. The number of ether oxygens (including phenoxy) is 1. The van der Waals surface area contributed by atoms with Crippen molar-refractivity contribution in [1.82, 2.24) is 4.98 Å². The number of Topliss-reactive ketones (excluding diaryl/α,β-unsaturated/α-hetero) is 1. The molecule has 1 atom stereocenters. The van der Waals surface area contributed by atoms with Crippen molar-refractivity contribution in [3.8, 4) is 5.75 Å². The second kappa shape index (κ2) is 8.71. The first kappa shape index (κ1) is 22.0. The van der Waals surface area contributed by atoms with Gasteiger partial charge < -0.3 is 9.84 Å². The van der Waals surface area contributed by atoms with E-state index in [1.807, 2.05) is 0 Å². The summed E-state index contributed by atoms with van der Waals surface area (Å²) >= 11 is 6.17. The number of methoxy groups -OCH3 is 1. The average molecular weight is 466 g/mol. The summed E-state index contributed by atoms with van der Waals surface area (Å²) in [4.78, 5) is 42.1. The molecule has 2 aromatic carbocycles. The minimum absolute atomic E-state index is 0.155. The third-order valence-corrected chi connectivity index (χ3v) is 5.46. The van der Waals surface area contributed by atoms with Gasteiger partial charge in [-0.3, -0.25) is 24.6 Å². The first-order valence-electron chi connectivity index (χ1n) is 9.63. The number of anilines is 1. The Kier molecular flexibility index (Phi) is 5.80. The Balaban J connectivity index is 1.96. The van der Waals surface area contributed by atoms with Crippen LogP contribution in [0.5, 0.6) is 5.75 Å². The summed E-state index contributed by atoms with van der Waals surface area (Å²) in [5.74, 6) is -1.85. The van der Waals surface area contributed by atoms with E-state index in [1.165, 1.54) is 61.8 Å². The van der Waals surface area contributed by atoms with E-state index in [1.54, 1.807) is 12.1 Å². The largest absolute Gasteiger partial charge is 0.507 e. The van der Waals surface area contributed by atoms with Gasteiger partial charge in [0.05, 0.1) is 28.7 Å². The van der Waals surface area contributed by atoms with Crippen LogP contribution in [0.1, 0.15) is 17.2 Å². The number of rotatable bonds is 5. The van der Waals surface area contributed by atoms with Gasteiger partial charge in [0.25, 0.3) is 11.5 Å². The van der Waals surface area contributed by atoms with Crippen molar-refractivity contribution in [3.63, 3.8) is 0 Å². The summed E-state index contributed by atoms with van der Waals surface area (Å²) in [6.07, 6.45) is 1.45. The van der Waals surface area contributed by atoms with Crippen molar-refractivity contribution in [1.29, 1.82) is 0 Å². The Labute approximate surface area is 192 Å². The Hall–Kier alpha value is -4.24. The molecule has 1 aromatic heterocycles. The molecular weight excluding hydrogens is 450 g/mol. The van der Waals surface area contributed by atoms with Crippen LogP contribution in [0.4, 0.5) is 11.5 Å². The molecule has 166 valence electrons. The average Bonchev–Trinajstić information content (AvgIpc) is 3.09. The number of carbonyl (C=O) groups is 2. The quantitative estimate of drug-likeness (QED) is 0.196. The lowest BCUT2D eigenvalue weighted by atomic mass is 9.95. The van der Waals surface area contributed by atoms with Gasteiger partial charge in [0.2, 0.25) is 0 Å². The van der Waals surface area contributed by atoms with Crippen LogP contribution in [-0.4, -0.2) is 33.8 Å². The number of benzene rings is 2. The van der Waals surface area contributed by atoms with Crippen LogP contribution in [0.25, 0.3) is 5.76 Å². The number of hydrogen-bond acceptors (Lipinski definition) is 7. The van der Waals surface area contributed by atoms with Gasteiger partial charge in [0.15, 0.2) is 0 Å². The van der Waals surface area contributed by atoms with Crippen LogP contribution in [-0.2, 0) is 9.59 Å². The highest BCUT2D eigenvalue weighted by Gasteiger charge is 2.47. The Bertz CT molecular complexity index is 1310. The lowest BCUT2D eigenvalue weighted by Crippen LogP contribution is -2.30. The predicted molar refractivity (Wildman–Crippen MR) is 120 cm³/mol. The second-order valence-electron chi connectivity index (χ2n) is 7.06. The van der Waals surface area contributed by atoms with Gasteiger partial charge in [-0.15, -0.1) is 0 Å². The van der Waals surface area contributed by atoms with E-state index < -0.39 is 28.4 Å². The highest BCUT2D eigenvalue weighted by Crippen LogP contribution is 2.42. The number of halogens is 1. The molecule has 3 aromatic rings. The predicted octanol–water partition coefficient (Wildman–Crippen LogP) is 4.28. The van der Waals surface area contributed by atoms with E-state index >= 15 is 0 Å². The molecule has 0 aliphatic carbocycles. The summed E-state index contributed by atoms with van der Waals surface area (Å²) in [7, 11) is 1.43. The zero-order valence-electron chi connectivity index (χ0n) is 17.1. The van der Waals surface area contributed by atoms with Crippen LogP contribution in [0.3, 0.4) is 0 Å². The number of nitro groups is 1. The van der Waals surface area contributed by atoms with E-state index in [0.717, 1.165) is 4.90 Å². The van der Waals surface area contributed by atoms with Crippen LogP contribution in [0.2, 0.25) is 5.02 Å². The zero-order chi connectivity index (χ0) is 23.7. The number of aliphatic hydroxyl groups excluding tert-OH is 1. The minimum atomic E-state index is -1.15. The Morgan fingerprint density at radius 3 is 2.58 bits per heavy atom. The molecule has 1 N–H and O–H groups in total. The molecular formula is C23H16ClN3O6. The number of nitro benzene ring substituents is 1. The second-order valence-corrected chi connectivity index (χ2v) is 7.47. The fraction of sp³-hybridized carbons (Fsp3) is 0.0870. The highest BCUT2D eigenvalue weighted by atomic mass is 35.5. The minimum Gasteiger partial charge on any atom is -0.507 e. The van der Waals surface area contributed by atoms with Crippen molar-refractivity contribution < 1.29 is 24.4 Å². The number of aromatic nitrogens is 1. The van der Waals surface area contributed by atoms with Crippen LogP contribution in [0, 0.1) is 10.1 Å². The highest BCUT2D eigenvalue weighted by molar-refractivity contribution is 6.51. The van der Waals surface area contributed by atoms with Gasteiger partial charge in [-0.05, 0) is 35.9 Å². The normalized spacial score (nSPS) is 17.3. The van der Waals surface area contributed by atoms with Crippen molar-refractivity contribution in [3.05, 3.63) is 98.7 Å². The summed E-state index contributed by atoms with van der Waals surface area (Å²) in [6.45, 7) is 0. The number of aliphatic hydroxyl groups is 1. The molecule has 4 rings (SSSR count). The van der Waals surface area contributed by atoms with Crippen molar-refractivity contribution in [2.24, 2.45) is 0 Å². The van der Waals surface area contributed by atoms with Crippen molar-refractivity contribution >= 4 is 40.6 Å². The van der Waals surface area contributed by atoms with E-state index in [2.05, 4.69) is 4.98 Å². The van der Waals surface area contributed by atoms with E-state index in [0.29, 0.717) is 5.75 Å². The van der Waals surface area contributed by atoms with Crippen LogP contribution < -0.4 is 9.64 Å². The van der Waals surface area contributed by atoms with Gasteiger partial charge >= 0.3 is 5.91 Å². The molecule has 1 amide bonds. The third kappa shape index (κ3) is 3.90. The van der Waals surface area contributed by atoms with Gasteiger partial charge in [0, 0.05) is 23.9 Å². The third-order valence-electron chi connectivity index (χ3n) is 5.16. The molecule has 2 heterocycles. The molecule has 0 bridgehead atoms. The van der Waals surface area contributed by atoms with Gasteiger partial charge in [-0.25, -0.2) is 4.98 Å². The molecule has 1 saturated heterocycles. The monoisotopic (exact) mass is 465 g/mol. The van der Waals surface area contributed by atoms with Gasteiger partial charge in [-0.1, -0.05) is 29.8 Å². The smallest absolute Gasteiger partial charge is 0.301 e. The molecule has 33 heavy (non-hydrogen) atoms. The topological polar surface area (TPSA) is 123 Å². The number of nitrogens with zero attached hydrogens (tertiary/aromatic N) is 3. The molecule has 0 radical (unpaired) electrons. The van der Waals surface area contributed by atoms with Crippen LogP contribution >= 0.6 is 11.6 Å². The number of hydrogen-bond donors (Lipinski definition) is 1. The fourth-order valence-corrected chi connectivity index (χ4v) is 3.92. The first-order valence-corrected chi connectivity index (χ1v) is 10.0. The lowest BCUT2D eigenvalue weighted by Gasteiger charge is -2.24. The molecule has 1 fully saturated rings. The van der Waals surface area contributed by atoms with Crippen molar-refractivity contribution in [2.45, 2.75) is 6.04 Å². The zero-order valence-corrected chi connectivity index (χ0v) is 17.9. The molecule has 1 aliphatic heterocycles. The summed E-state index contributed by atoms with van der Waals surface area (Å²) in [6, 6.07) is 13.6. The number of amides is 1. The fourth-order valence-electron chi connectivity index (χ4n) is 3.66. The Morgan fingerprint density at radius 2 is 1.94 bits per heavy atom. The summed E-state index contributed by atoms with van der Waals surface area (Å²) in [5, 5.41) is 22.6. The molecule has 0 saturated carbocycles. The number of pyridine rings is 1. The van der Waals surface area contributed by atoms with Gasteiger partial charge in [0.1, 0.15) is 17.3 Å². The first-order chi connectivity index (χ1) is 15.8. The van der Waals surface area contributed by atoms with Crippen molar-refractivity contribution in [2.75, 3.05) is 12.0 Å². The maximum Gasteiger partial charge on any atom is 0.301 e. The molecule has 1 aliphatic rings. The maximum atomic E-state index is 13.1. The number of carbonyl (C=O) groups excluding carboxylic acids is 2. The Morgan fingerprint density at radius 1 is 1.15 bits per heavy atom. The standard InChI is InChI=1S/C23H16ClN3O6/c1-33-17-9-8-14(12-16(17)24)21(28)19-20(13-5-4-6-15(11-13)27(31)32)26(23(30)22(19)29)18-7-2-3-10-25-18/h2-12,20,28H,1H3. The van der Waals surface area contributed by atoms with E-state index in [-0.39, 0.29) is 33.2 Å². The summed E-state index contributed by atoms with van der Waals surface area (Å²) < 4.78 is 5.11. The van der Waals surface area contributed by atoms with E-state index in [4.69, 9.17) is 16.3 Å². The molecule has 1 unspecified atom stereocenters. The molecule has 0 spiro atoms. The summed E-state index contributed by atoms with van der Waals surface area (Å²) in [5.41, 5.74) is -0.0375. The number of ketones is 1. The molecule has 9 nitrogen and oxygen atoms in total. The van der Waals surface area contributed by atoms with E-state index in [9.17, 15) is 24.8 Å².